The summed E-state index contributed by atoms with van der Waals surface area (Å²) in [5.74, 6) is -0.853. The van der Waals surface area contributed by atoms with Crippen LogP contribution in [0.5, 0.6) is 0 Å². The first-order valence-corrected chi connectivity index (χ1v) is 11.6. The fourth-order valence-corrected chi connectivity index (χ4v) is 4.38. The largest absolute Gasteiger partial charge is 0.383 e. The third kappa shape index (κ3) is 4.53. The summed E-state index contributed by atoms with van der Waals surface area (Å²) < 4.78 is 29.9. The van der Waals surface area contributed by atoms with Gasteiger partial charge in [0.05, 0.1) is 16.8 Å². The van der Waals surface area contributed by atoms with Crippen LogP contribution in [0.15, 0.2) is 42.5 Å². The molecule has 0 aliphatic carbocycles. The number of benzene rings is 2. The van der Waals surface area contributed by atoms with Crippen LogP contribution in [0.2, 0.25) is 5.02 Å². The van der Waals surface area contributed by atoms with Crippen molar-refractivity contribution in [3.8, 4) is 16.9 Å². The molecule has 3 N–H and O–H groups in total. The molecule has 1 aliphatic rings. The summed E-state index contributed by atoms with van der Waals surface area (Å²) in [4.78, 5) is 11.5. The lowest BCUT2D eigenvalue weighted by Gasteiger charge is -2.26. The van der Waals surface area contributed by atoms with Crippen molar-refractivity contribution in [1.29, 1.82) is 0 Å². The third-order valence-corrected chi connectivity index (χ3v) is 6.24. The highest BCUT2D eigenvalue weighted by molar-refractivity contribution is 6.30. The Balaban J connectivity index is 1.56. The van der Waals surface area contributed by atoms with Gasteiger partial charge in [-0.05, 0) is 62.3 Å². The van der Waals surface area contributed by atoms with Gasteiger partial charge in [-0.2, -0.15) is 4.98 Å². The molecule has 0 unspecified atom stereocenters. The van der Waals surface area contributed by atoms with Crippen LogP contribution in [0.3, 0.4) is 0 Å². The number of nitrogens with one attached hydrogen (secondary N) is 1. The molecule has 0 atom stereocenters. The van der Waals surface area contributed by atoms with Gasteiger partial charge in [-0.1, -0.05) is 18.0 Å². The van der Waals surface area contributed by atoms with Crippen molar-refractivity contribution in [1.82, 2.24) is 24.6 Å². The second-order valence-corrected chi connectivity index (χ2v) is 8.76. The maximum absolute atomic E-state index is 14.8. The molecule has 0 saturated carbocycles. The third-order valence-electron chi connectivity index (χ3n) is 5.99. The fraction of sp³-hybridized carbons (Fsp3) is 0.292. The second kappa shape index (κ2) is 9.52. The monoisotopic (exact) mass is 483 g/mol. The predicted molar refractivity (Wildman–Crippen MR) is 130 cm³/mol. The van der Waals surface area contributed by atoms with Crippen molar-refractivity contribution in [2.24, 2.45) is 0 Å². The molecule has 1 saturated heterocycles. The highest BCUT2D eigenvalue weighted by Crippen LogP contribution is 2.34. The Bertz CT molecular complexity index is 1320. The maximum Gasteiger partial charge on any atom is 0.225 e. The number of rotatable bonds is 6. The van der Waals surface area contributed by atoms with Gasteiger partial charge < -0.3 is 16.0 Å². The Hall–Kier alpha value is -3.30. The van der Waals surface area contributed by atoms with Crippen LogP contribution in [0.25, 0.3) is 28.0 Å². The molecule has 0 spiro atoms. The zero-order valence-corrected chi connectivity index (χ0v) is 19.2. The fourth-order valence-electron chi connectivity index (χ4n) is 4.26. The van der Waals surface area contributed by atoms with Crippen LogP contribution in [-0.4, -0.2) is 50.8 Å². The van der Waals surface area contributed by atoms with E-state index in [9.17, 15) is 8.78 Å². The molecule has 176 valence electrons. The number of halogens is 3. The number of fused-ring (bicyclic) bond motifs is 1. The van der Waals surface area contributed by atoms with E-state index in [-0.39, 0.29) is 17.1 Å². The molecule has 34 heavy (non-hydrogen) atoms. The van der Waals surface area contributed by atoms with Gasteiger partial charge in [-0.25, -0.2) is 18.4 Å². The molecule has 0 radical (unpaired) electrons. The van der Waals surface area contributed by atoms with Crippen molar-refractivity contribution >= 4 is 34.4 Å². The summed E-state index contributed by atoms with van der Waals surface area (Å²) in [7, 11) is 0. The van der Waals surface area contributed by atoms with E-state index in [0.29, 0.717) is 34.2 Å². The van der Waals surface area contributed by atoms with Crippen molar-refractivity contribution in [2.45, 2.75) is 19.3 Å². The number of piperidine rings is 1. The van der Waals surface area contributed by atoms with Gasteiger partial charge >= 0.3 is 0 Å². The number of nitrogen functional groups attached to an aromatic ring is 1. The van der Waals surface area contributed by atoms with Crippen LogP contribution < -0.4 is 11.1 Å². The van der Waals surface area contributed by atoms with Gasteiger partial charge in [0.15, 0.2) is 5.65 Å². The molecule has 4 aromatic rings. The molecule has 3 heterocycles. The number of aromatic nitrogens is 4. The van der Waals surface area contributed by atoms with Crippen LogP contribution in [0.4, 0.5) is 20.5 Å². The van der Waals surface area contributed by atoms with Crippen LogP contribution in [0.1, 0.15) is 19.3 Å². The average Bonchev–Trinajstić information content (AvgIpc) is 3.16. The Morgan fingerprint density at radius 1 is 1.00 bits per heavy atom. The SMILES string of the molecule is Nc1c2c(-c3ccc(F)cc3F)nc(NCCN3CCCCC3)nc2nn1-c1ccc(Cl)cc1. The van der Waals surface area contributed by atoms with Gasteiger partial charge in [-0.15, -0.1) is 5.10 Å². The maximum atomic E-state index is 14.8. The molecule has 2 aromatic heterocycles. The van der Waals surface area contributed by atoms with Crippen LogP contribution >= 0.6 is 11.6 Å². The molecular weight excluding hydrogens is 460 g/mol. The summed E-state index contributed by atoms with van der Waals surface area (Å²) in [6.07, 6.45) is 3.68. The van der Waals surface area contributed by atoms with Gasteiger partial charge in [0.1, 0.15) is 17.5 Å². The molecule has 0 bridgehead atoms. The molecule has 1 fully saturated rings. The number of nitrogens with two attached hydrogens (primary N) is 1. The number of nitrogens with zero attached hydrogens (tertiary/aromatic N) is 5. The minimum absolute atomic E-state index is 0.121. The molecule has 0 amide bonds. The molecule has 10 heteroatoms. The lowest BCUT2D eigenvalue weighted by atomic mass is 10.1. The standard InChI is InChI=1S/C24H24ClF2N7/c25-15-4-7-17(8-5-15)34-22(28)20-21(18-9-6-16(26)14-19(18)27)30-24(31-23(20)32-34)29-10-13-33-11-2-1-3-12-33/h4-9,14H,1-3,10-13,28H2,(H,29,31,32). The van der Waals surface area contributed by atoms with E-state index in [1.54, 1.807) is 24.3 Å². The Morgan fingerprint density at radius 3 is 2.50 bits per heavy atom. The smallest absolute Gasteiger partial charge is 0.225 e. The van der Waals surface area contributed by atoms with Crippen LogP contribution in [-0.2, 0) is 0 Å². The molecular formula is C24H24ClF2N7. The van der Waals surface area contributed by atoms with Crippen molar-refractivity contribution < 1.29 is 8.78 Å². The zero-order chi connectivity index (χ0) is 23.7. The van der Waals surface area contributed by atoms with E-state index >= 15 is 0 Å². The number of likely N-dealkylation sites (tertiary alicyclic amines) is 1. The second-order valence-electron chi connectivity index (χ2n) is 8.32. The van der Waals surface area contributed by atoms with Gasteiger partial charge in [0.2, 0.25) is 5.95 Å². The molecule has 5 rings (SSSR count). The lowest BCUT2D eigenvalue weighted by molar-refractivity contribution is 0.237. The lowest BCUT2D eigenvalue weighted by Crippen LogP contribution is -2.33. The zero-order valence-electron chi connectivity index (χ0n) is 18.4. The minimum Gasteiger partial charge on any atom is -0.383 e. The Labute approximate surface area is 200 Å². The quantitative estimate of drug-likeness (QED) is 0.406. The molecule has 2 aromatic carbocycles. The molecule has 7 nitrogen and oxygen atoms in total. The average molecular weight is 484 g/mol. The van der Waals surface area contributed by atoms with E-state index < -0.39 is 11.6 Å². The van der Waals surface area contributed by atoms with Gasteiger partial charge in [0.25, 0.3) is 0 Å². The van der Waals surface area contributed by atoms with E-state index in [1.807, 2.05) is 0 Å². The summed E-state index contributed by atoms with van der Waals surface area (Å²) in [6.45, 7) is 3.64. The Kier molecular flexibility index (Phi) is 6.30. The number of hydrogen-bond acceptors (Lipinski definition) is 6. The normalized spacial score (nSPS) is 14.6. The van der Waals surface area contributed by atoms with Gasteiger partial charge in [0, 0.05) is 29.7 Å². The first-order valence-electron chi connectivity index (χ1n) is 11.2. The highest BCUT2D eigenvalue weighted by atomic mass is 35.5. The predicted octanol–water partition coefficient (Wildman–Crippen LogP) is 4.89. The van der Waals surface area contributed by atoms with E-state index in [0.717, 1.165) is 25.7 Å². The summed E-state index contributed by atoms with van der Waals surface area (Å²) >= 11 is 6.01. The van der Waals surface area contributed by atoms with Crippen molar-refractivity contribution in [3.05, 3.63) is 59.1 Å². The van der Waals surface area contributed by atoms with E-state index in [2.05, 4.69) is 25.3 Å². The van der Waals surface area contributed by atoms with Crippen LogP contribution in [0, 0.1) is 11.6 Å². The number of hydrogen-bond donors (Lipinski definition) is 2. The van der Waals surface area contributed by atoms with Crippen molar-refractivity contribution in [3.63, 3.8) is 0 Å². The number of anilines is 2. The molecule has 1 aliphatic heterocycles. The summed E-state index contributed by atoms with van der Waals surface area (Å²) in [5, 5.41) is 8.76. The first kappa shape index (κ1) is 22.5. The minimum atomic E-state index is -0.738. The van der Waals surface area contributed by atoms with Gasteiger partial charge in [-0.3, -0.25) is 0 Å². The summed E-state index contributed by atoms with van der Waals surface area (Å²) in [6, 6.07) is 10.4. The van der Waals surface area contributed by atoms with E-state index in [1.165, 1.54) is 36.1 Å². The van der Waals surface area contributed by atoms with E-state index in [4.69, 9.17) is 17.3 Å². The topological polar surface area (TPSA) is 84.9 Å². The highest BCUT2D eigenvalue weighted by Gasteiger charge is 2.21. The Morgan fingerprint density at radius 2 is 1.76 bits per heavy atom. The summed E-state index contributed by atoms with van der Waals surface area (Å²) in [5.41, 5.74) is 7.79. The van der Waals surface area contributed by atoms with Crippen molar-refractivity contribution in [2.75, 3.05) is 37.2 Å². The first-order chi connectivity index (χ1) is 16.5.